The van der Waals surface area contributed by atoms with Crippen molar-refractivity contribution in [3.63, 3.8) is 0 Å². The molecule has 0 bridgehead atoms. The Labute approximate surface area is 206 Å². The number of aryl methyl sites for hydroxylation is 2. The molecule has 2 atom stereocenters. The lowest BCUT2D eigenvalue weighted by molar-refractivity contribution is 0.310. The largest absolute Gasteiger partial charge is 0.352 e. The molecule has 172 valence electrons. The third kappa shape index (κ3) is 3.99. The molecule has 1 aromatic carbocycles. The van der Waals surface area contributed by atoms with Gasteiger partial charge in [0.05, 0.1) is 17.8 Å². The minimum Gasteiger partial charge on any atom is -0.352 e. The lowest BCUT2D eigenvalue weighted by atomic mass is 9.96. The van der Waals surface area contributed by atoms with Gasteiger partial charge in [-0.1, -0.05) is 31.2 Å². The Bertz CT molecular complexity index is 1300. The first-order valence-electron chi connectivity index (χ1n) is 11.7. The Morgan fingerprint density at radius 1 is 0.971 bits per heavy atom. The van der Waals surface area contributed by atoms with Gasteiger partial charge in [-0.15, -0.1) is 0 Å². The molecule has 0 unspecified atom stereocenters. The van der Waals surface area contributed by atoms with Crippen molar-refractivity contribution < 1.29 is 0 Å². The molecule has 1 aliphatic rings. The Kier molecular flexibility index (Phi) is 6.16. The summed E-state index contributed by atoms with van der Waals surface area (Å²) in [6.07, 6.45) is 6.51. The number of para-hydroxylation sites is 1. The zero-order valence-electron chi connectivity index (χ0n) is 19.8. The van der Waals surface area contributed by atoms with Gasteiger partial charge in [0.25, 0.3) is 0 Å². The number of aromatic nitrogens is 3. The van der Waals surface area contributed by atoms with Gasteiger partial charge in [-0.25, -0.2) is 0 Å². The number of hydrogen-bond acceptors (Lipinski definition) is 3. The maximum atomic E-state index is 5.87. The van der Waals surface area contributed by atoms with Crippen LogP contribution in [0.3, 0.4) is 0 Å². The van der Waals surface area contributed by atoms with E-state index in [9.17, 15) is 0 Å². The van der Waals surface area contributed by atoms with Gasteiger partial charge in [0.2, 0.25) is 0 Å². The molecule has 0 aliphatic carbocycles. The predicted octanol–water partition coefficient (Wildman–Crippen LogP) is 5.62. The molecule has 6 heteroatoms. The Hall–Kier alpha value is -3.51. The fourth-order valence-corrected chi connectivity index (χ4v) is 5.39. The summed E-state index contributed by atoms with van der Waals surface area (Å²) in [5.74, 6) is 0. The molecule has 1 aliphatic heterocycles. The molecule has 5 rings (SSSR count). The predicted molar refractivity (Wildman–Crippen MR) is 140 cm³/mol. The highest BCUT2D eigenvalue weighted by Crippen LogP contribution is 2.42. The van der Waals surface area contributed by atoms with E-state index in [1.807, 2.05) is 30.7 Å². The van der Waals surface area contributed by atoms with E-state index in [2.05, 4.69) is 89.1 Å². The second-order valence-electron chi connectivity index (χ2n) is 8.75. The first-order valence-corrected chi connectivity index (χ1v) is 12.1. The molecule has 34 heavy (non-hydrogen) atoms. The molecule has 4 heterocycles. The summed E-state index contributed by atoms with van der Waals surface area (Å²) in [7, 11) is 0. The van der Waals surface area contributed by atoms with Crippen molar-refractivity contribution in [1.82, 2.24) is 24.8 Å². The third-order valence-electron chi connectivity index (χ3n) is 6.70. The molecule has 0 radical (unpaired) electrons. The number of benzene rings is 1. The van der Waals surface area contributed by atoms with Gasteiger partial charge in [0.1, 0.15) is 0 Å². The normalized spacial score (nSPS) is 17.7. The first kappa shape index (κ1) is 22.3. The molecule has 0 saturated carbocycles. The van der Waals surface area contributed by atoms with E-state index in [0.29, 0.717) is 6.54 Å². The maximum absolute atomic E-state index is 5.87. The number of pyridine rings is 2. The number of nitrogens with zero attached hydrogens (tertiary/aromatic N) is 4. The van der Waals surface area contributed by atoms with Crippen LogP contribution in [0.2, 0.25) is 0 Å². The van der Waals surface area contributed by atoms with Crippen LogP contribution in [0.15, 0.2) is 79.3 Å². The van der Waals surface area contributed by atoms with Gasteiger partial charge in [-0.2, -0.15) is 0 Å². The Balaban J connectivity index is 1.64. The van der Waals surface area contributed by atoms with Crippen molar-refractivity contribution in [3.05, 3.63) is 113 Å². The van der Waals surface area contributed by atoms with E-state index in [0.717, 1.165) is 17.2 Å². The number of hydrogen-bond donors (Lipinski definition) is 1. The lowest BCUT2D eigenvalue weighted by Gasteiger charge is -2.28. The minimum absolute atomic E-state index is 0.0179. The minimum atomic E-state index is -0.0362. The molecule has 5 nitrogen and oxygen atoms in total. The van der Waals surface area contributed by atoms with Gasteiger partial charge in [-0.3, -0.25) is 9.97 Å². The highest BCUT2D eigenvalue weighted by atomic mass is 32.1. The highest BCUT2D eigenvalue weighted by molar-refractivity contribution is 7.80. The second-order valence-corrected chi connectivity index (χ2v) is 9.14. The third-order valence-corrected chi connectivity index (χ3v) is 7.05. The number of rotatable bonds is 6. The lowest BCUT2D eigenvalue weighted by Crippen LogP contribution is -2.29. The summed E-state index contributed by atoms with van der Waals surface area (Å²) in [5, 5.41) is 4.32. The van der Waals surface area contributed by atoms with Gasteiger partial charge < -0.3 is 14.8 Å². The molecule has 1 saturated heterocycles. The van der Waals surface area contributed by atoms with Crippen molar-refractivity contribution in [2.75, 3.05) is 0 Å². The van der Waals surface area contributed by atoms with Crippen LogP contribution in [0.1, 0.15) is 52.8 Å². The van der Waals surface area contributed by atoms with Crippen LogP contribution in [-0.4, -0.2) is 24.5 Å². The number of nitrogens with one attached hydrogen (secondary N) is 1. The molecular weight excluding hydrogens is 438 g/mol. The fraction of sp³-hybridized carbons (Fsp3) is 0.250. The molecule has 3 aromatic heterocycles. The van der Waals surface area contributed by atoms with E-state index in [-0.39, 0.29) is 12.1 Å². The quantitative estimate of drug-likeness (QED) is 0.373. The van der Waals surface area contributed by atoms with E-state index < -0.39 is 0 Å². The second kappa shape index (κ2) is 9.39. The summed E-state index contributed by atoms with van der Waals surface area (Å²) < 4.78 is 2.38. The van der Waals surface area contributed by atoms with E-state index in [1.54, 1.807) is 0 Å². The monoisotopic (exact) mass is 467 g/mol. The Morgan fingerprint density at radius 2 is 1.74 bits per heavy atom. The van der Waals surface area contributed by atoms with Gasteiger partial charge in [0, 0.05) is 42.2 Å². The molecule has 4 aromatic rings. The molecule has 0 amide bonds. The van der Waals surface area contributed by atoms with Crippen molar-refractivity contribution >= 4 is 17.3 Å². The first-order chi connectivity index (χ1) is 16.6. The van der Waals surface area contributed by atoms with Crippen LogP contribution in [-0.2, 0) is 13.0 Å². The van der Waals surface area contributed by atoms with Crippen LogP contribution >= 0.6 is 12.2 Å². The summed E-state index contributed by atoms with van der Waals surface area (Å²) in [5.41, 5.74) is 8.47. The summed E-state index contributed by atoms with van der Waals surface area (Å²) in [4.78, 5) is 11.2. The topological polar surface area (TPSA) is 46.0 Å². The van der Waals surface area contributed by atoms with Crippen LogP contribution in [0.25, 0.3) is 5.69 Å². The van der Waals surface area contributed by atoms with E-state index >= 15 is 0 Å². The zero-order chi connectivity index (χ0) is 23.7. The summed E-state index contributed by atoms with van der Waals surface area (Å²) in [6, 6.07) is 21.1. The van der Waals surface area contributed by atoms with Crippen molar-refractivity contribution in [2.45, 2.75) is 45.8 Å². The molecular formula is C28H29N5S. The van der Waals surface area contributed by atoms with Crippen LogP contribution in [0.4, 0.5) is 0 Å². The standard InChI is InChI=1S/C28H29N5S/c1-4-22-9-5-6-11-25(22)33-19(2)17-23(20(33)3)27-26(24-10-7-8-14-30-24)31-28(34)32(27)18-21-12-15-29-16-13-21/h5-17,26-27H,4,18H2,1-3H3,(H,31,34)/t26-,27+/m0/s1. The summed E-state index contributed by atoms with van der Waals surface area (Å²) >= 11 is 5.87. The molecule has 1 N–H and O–H groups in total. The SMILES string of the molecule is CCc1ccccc1-n1c(C)cc([C@@H]2[C@H](c3ccccn3)NC(=S)N2Cc2ccncc2)c1C. The average molecular weight is 468 g/mol. The van der Waals surface area contributed by atoms with Crippen molar-refractivity contribution in [1.29, 1.82) is 0 Å². The van der Waals surface area contributed by atoms with Crippen molar-refractivity contribution in [2.24, 2.45) is 0 Å². The zero-order valence-corrected chi connectivity index (χ0v) is 20.6. The summed E-state index contributed by atoms with van der Waals surface area (Å²) in [6.45, 7) is 7.32. The molecule has 1 fully saturated rings. The van der Waals surface area contributed by atoms with Crippen LogP contribution < -0.4 is 5.32 Å². The van der Waals surface area contributed by atoms with Crippen LogP contribution in [0.5, 0.6) is 0 Å². The fourth-order valence-electron chi connectivity index (χ4n) is 5.08. The van der Waals surface area contributed by atoms with Gasteiger partial charge in [0.15, 0.2) is 5.11 Å². The van der Waals surface area contributed by atoms with Crippen molar-refractivity contribution in [3.8, 4) is 5.69 Å². The smallest absolute Gasteiger partial charge is 0.170 e. The average Bonchev–Trinajstić information content (AvgIpc) is 3.35. The maximum Gasteiger partial charge on any atom is 0.170 e. The van der Waals surface area contributed by atoms with Gasteiger partial charge in [-0.05, 0) is 85.6 Å². The number of thiocarbonyl (C=S) groups is 1. The Morgan fingerprint density at radius 3 is 2.47 bits per heavy atom. The van der Waals surface area contributed by atoms with Gasteiger partial charge >= 0.3 is 0 Å². The van der Waals surface area contributed by atoms with E-state index in [4.69, 9.17) is 17.2 Å². The van der Waals surface area contributed by atoms with E-state index in [1.165, 1.54) is 33.8 Å². The van der Waals surface area contributed by atoms with Crippen LogP contribution in [0, 0.1) is 13.8 Å². The molecule has 0 spiro atoms. The highest BCUT2D eigenvalue weighted by Gasteiger charge is 2.41.